The largest absolute Gasteiger partial charge is 0.372 e. The van der Waals surface area contributed by atoms with E-state index in [4.69, 9.17) is 10.5 Å². The maximum absolute atomic E-state index is 5.62. The van der Waals surface area contributed by atoms with Gasteiger partial charge in [-0.25, -0.2) is 0 Å². The lowest BCUT2D eigenvalue weighted by Gasteiger charge is -2.13. The Labute approximate surface area is 85.4 Å². The first-order valence-corrected chi connectivity index (χ1v) is 4.83. The SMILES string of the molecule is C=CCC(CN)OCc1ccccc1. The fourth-order valence-corrected chi connectivity index (χ4v) is 1.21. The van der Waals surface area contributed by atoms with E-state index in [1.54, 1.807) is 0 Å². The fourth-order valence-electron chi connectivity index (χ4n) is 1.21. The molecule has 0 radical (unpaired) electrons. The maximum Gasteiger partial charge on any atom is 0.0736 e. The van der Waals surface area contributed by atoms with Gasteiger partial charge in [0.2, 0.25) is 0 Å². The predicted octanol–water partition coefficient (Wildman–Crippen LogP) is 2.11. The minimum absolute atomic E-state index is 0.0905. The maximum atomic E-state index is 5.62. The Morgan fingerprint density at radius 1 is 1.36 bits per heavy atom. The zero-order chi connectivity index (χ0) is 10.2. The lowest BCUT2D eigenvalue weighted by molar-refractivity contribution is 0.0485. The molecule has 76 valence electrons. The molecule has 0 aromatic heterocycles. The molecule has 0 spiro atoms. The van der Waals surface area contributed by atoms with Gasteiger partial charge in [0.15, 0.2) is 0 Å². The smallest absolute Gasteiger partial charge is 0.0736 e. The third kappa shape index (κ3) is 3.73. The molecule has 1 rings (SSSR count). The summed E-state index contributed by atoms with van der Waals surface area (Å²) in [6, 6.07) is 10.1. The van der Waals surface area contributed by atoms with Crippen LogP contribution in [0, 0.1) is 0 Å². The second kappa shape index (κ2) is 6.35. The fraction of sp³-hybridized carbons (Fsp3) is 0.333. The van der Waals surface area contributed by atoms with Gasteiger partial charge in [0.1, 0.15) is 0 Å². The average molecular weight is 191 g/mol. The van der Waals surface area contributed by atoms with Crippen molar-refractivity contribution < 1.29 is 4.74 Å². The zero-order valence-corrected chi connectivity index (χ0v) is 8.36. The van der Waals surface area contributed by atoms with E-state index in [-0.39, 0.29) is 6.10 Å². The van der Waals surface area contributed by atoms with Crippen LogP contribution in [0.4, 0.5) is 0 Å². The van der Waals surface area contributed by atoms with Crippen LogP contribution in [0.5, 0.6) is 0 Å². The van der Waals surface area contributed by atoms with Gasteiger partial charge in [-0.3, -0.25) is 0 Å². The van der Waals surface area contributed by atoms with Crippen LogP contribution in [0.3, 0.4) is 0 Å². The molecule has 0 heterocycles. The van der Waals surface area contributed by atoms with E-state index >= 15 is 0 Å². The highest BCUT2D eigenvalue weighted by Gasteiger charge is 2.03. The van der Waals surface area contributed by atoms with E-state index in [9.17, 15) is 0 Å². The molecule has 0 aliphatic rings. The lowest BCUT2D eigenvalue weighted by atomic mass is 10.2. The number of rotatable bonds is 6. The van der Waals surface area contributed by atoms with Gasteiger partial charge >= 0.3 is 0 Å². The summed E-state index contributed by atoms with van der Waals surface area (Å²) in [5.74, 6) is 0. The molecule has 1 atom stereocenters. The van der Waals surface area contributed by atoms with Crippen LogP contribution in [0.15, 0.2) is 43.0 Å². The van der Waals surface area contributed by atoms with Crippen molar-refractivity contribution in [1.82, 2.24) is 0 Å². The third-order valence-corrected chi connectivity index (χ3v) is 2.02. The molecular weight excluding hydrogens is 174 g/mol. The van der Waals surface area contributed by atoms with Crippen LogP contribution in [0.1, 0.15) is 12.0 Å². The molecule has 0 saturated carbocycles. The van der Waals surface area contributed by atoms with Gasteiger partial charge in [0.25, 0.3) is 0 Å². The van der Waals surface area contributed by atoms with Crippen molar-refractivity contribution in [3.8, 4) is 0 Å². The van der Waals surface area contributed by atoms with Gasteiger partial charge < -0.3 is 10.5 Å². The Balaban J connectivity index is 2.35. The van der Waals surface area contributed by atoms with E-state index in [1.807, 2.05) is 36.4 Å². The third-order valence-electron chi connectivity index (χ3n) is 2.02. The van der Waals surface area contributed by atoms with E-state index < -0.39 is 0 Å². The predicted molar refractivity (Wildman–Crippen MR) is 58.9 cm³/mol. The first-order chi connectivity index (χ1) is 6.86. The van der Waals surface area contributed by atoms with Crippen molar-refractivity contribution in [3.05, 3.63) is 48.6 Å². The number of nitrogens with two attached hydrogens (primary N) is 1. The summed E-state index contributed by atoms with van der Waals surface area (Å²) in [4.78, 5) is 0. The highest BCUT2D eigenvalue weighted by molar-refractivity contribution is 5.13. The number of ether oxygens (including phenoxy) is 1. The number of hydrogen-bond acceptors (Lipinski definition) is 2. The molecule has 0 aliphatic heterocycles. The van der Waals surface area contributed by atoms with E-state index in [1.165, 1.54) is 5.56 Å². The topological polar surface area (TPSA) is 35.2 Å². The summed E-state index contributed by atoms with van der Waals surface area (Å²) >= 11 is 0. The molecule has 0 fully saturated rings. The Kier molecular flexibility index (Phi) is 4.97. The molecule has 2 nitrogen and oxygen atoms in total. The standard InChI is InChI=1S/C12H17NO/c1-2-6-12(9-13)14-10-11-7-4-3-5-8-11/h2-5,7-8,12H,1,6,9-10,13H2. The molecular formula is C12H17NO. The molecule has 0 bridgehead atoms. The molecule has 0 amide bonds. The Morgan fingerprint density at radius 3 is 2.64 bits per heavy atom. The monoisotopic (exact) mass is 191 g/mol. The van der Waals surface area contributed by atoms with Gasteiger partial charge in [-0.05, 0) is 12.0 Å². The lowest BCUT2D eigenvalue weighted by Crippen LogP contribution is -2.22. The van der Waals surface area contributed by atoms with Gasteiger partial charge in [0, 0.05) is 6.54 Å². The van der Waals surface area contributed by atoms with Gasteiger partial charge in [-0.2, -0.15) is 0 Å². The van der Waals surface area contributed by atoms with Gasteiger partial charge in [-0.15, -0.1) is 6.58 Å². The van der Waals surface area contributed by atoms with Crippen molar-refractivity contribution in [2.24, 2.45) is 5.73 Å². The van der Waals surface area contributed by atoms with Crippen molar-refractivity contribution in [3.63, 3.8) is 0 Å². The van der Waals surface area contributed by atoms with Crippen molar-refractivity contribution in [1.29, 1.82) is 0 Å². The van der Waals surface area contributed by atoms with Crippen LogP contribution in [0.25, 0.3) is 0 Å². The normalized spacial score (nSPS) is 12.4. The summed E-state index contributed by atoms with van der Waals surface area (Å²) in [7, 11) is 0. The Morgan fingerprint density at radius 2 is 2.07 bits per heavy atom. The van der Waals surface area contributed by atoms with E-state index in [0.29, 0.717) is 13.2 Å². The molecule has 1 aromatic carbocycles. The van der Waals surface area contributed by atoms with Crippen LogP contribution < -0.4 is 5.73 Å². The van der Waals surface area contributed by atoms with Crippen LogP contribution in [0.2, 0.25) is 0 Å². The minimum atomic E-state index is 0.0905. The molecule has 0 saturated heterocycles. The van der Waals surface area contributed by atoms with E-state index in [0.717, 1.165) is 6.42 Å². The number of hydrogen-bond donors (Lipinski definition) is 1. The molecule has 2 heteroatoms. The summed E-state index contributed by atoms with van der Waals surface area (Å²) in [5, 5.41) is 0. The highest BCUT2D eigenvalue weighted by atomic mass is 16.5. The first kappa shape index (κ1) is 11.0. The summed E-state index contributed by atoms with van der Waals surface area (Å²) in [5.41, 5.74) is 6.73. The van der Waals surface area contributed by atoms with Crippen molar-refractivity contribution >= 4 is 0 Å². The van der Waals surface area contributed by atoms with Crippen LogP contribution in [-0.2, 0) is 11.3 Å². The Hall–Kier alpha value is -1.12. The Bertz CT molecular complexity index is 258. The molecule has 0 aliphatic carbocycles. The second-order valence-electron chi connectivity index (χ2n) is 3.18. The van der Waals surface area contributed by atoms with Crippen LogP contribution in [-0.4, -0.2) is 12.6 Å². The molecule has 1 unspecified atom stereocenters. The molecule has 1 aromatic rings. The molecule has 2 N–H and O–H groups in total. The van der Waals surface area contributed by atoms with Crippen molar-refractivity contribution in [2.45, 2.75) is 19.1 Å². The average Bonchev–Trinajstić information content (AvgIpc) is 2.25. The number of benzene rings is 1. The quantitative estimate of drug-likeness (QED) is 0.699. The second-order valence-corrected chi connectivity index (χ2v) is 3.18. The first-order valence-electron chi connectivity index (χ1n) is 4.83. The van der Waals surface area contributed by atoms with E-state index in [2.05, 4.69) is 6.58 Å². The summed E-state index contributed by atoms with van der Waals surface area (Å²) in [6.07, 6.45) is 2.74. The summed E-state index contributed by atoms with van der Waals surface area (Å²) < 4.78 is 5.62. The van der Waals surface area contributed by atoms with Crippen molar-refractivity contribution in [2.75, 3.05) is 6.54 Å². The highest BCUT2D eigenvalue weighted by Crippen LogP contribution is 2.05. The van der Waals surface area contributed by atoms with Gasteiger partial charge in [-0.1, -0.05) is 36.4 Å². The van der Waals surface area contributed by atoms with Crippen LogP contribution >= 0.6 is 0 Å². The summed E-state index contributed by atoms with van der Waals surface area (Å²) in [6.45, 7) is 4.83. The van der Waals surface area contributed by atoms with Gasteiger partial charge in [0.05, 0.1) is 12.7 Å². The molecule has 14 heavy (non-hydrogen) atoms. The zero-order valence-electron chi connectivity index (χ0n) is 8.36. The minimum Gasteiger partial charge on any atom is -0.372 e.